The number of nitrogens with zero attached hydrogens (tertiary/aromatic N) is 4. The number of hydrogen-bond donors (Lipinski definition) is 1. The largest absolute Gasteiger partial charge is 0.481 e. The minimum absolute atomic E-state index is 0.00000738. The van der Waals surface area contributed by atoms with Crippen molar-refractivity contribution in [1.82, 2.24) is 18.8 Å². The van der Waals surface area contributed by atoms with E-state index in [1.165, 1.54) is 0 Å². The zero-order chi connectivity index (χ0) is 20.5. The summed E-state index contributed by atoms with van der Waals surface area (Å²) in [5, 5.41) is 9.38. The van der Waals surface area contributed by atoms with E-state index >= 15 is 0 Å². The Labute approximate surface area is 170 Å². The van der Waals surface area contributed by atoms with Crippen LogP contribution in [0.4, 0.5) is 0 Å². The molecule has 0 radical (unpaired) electrons. The van der Waals surface area contributed by atoms with E-state index in [4.69, 9.17) is 5.11 Å². The first-order valence-electron chi connectivity index (χ1n) is 9.44. The minimum atomic E-state index is -1.38. The molecule has 0 saturated carbocycles. The van der Waals surface area contributed by atoms with Gasteiger partial charge in [0.1, 0.15) is 16.3 Å². The molecule has 29 heavy (non-hydrogen) atoms. The SMILES string of the molecule is Cc1ccc2nc(S(=O)CCCC(=O)O)c(Cc3cnc4cccc(C)n34)n2c1. The summed E-state index contributed by atoms with van der Waals surface area (Å²) in [5.41, 5.74) is 5.59. The Morgan fingerprint density at radius 2 is 2.00 bits per heavy atom. The van der Waals surface area contributed by atoms with Gasteiger partial charge in [0.15, 0.2) is 0 Å². The molecular formula is C21H22N4O3S. The first kappa shape index (κ1) is 19.3. The highest BCUT2D eigenvalue weighted by atomic mass is 32.2. The Morgan fingerprint density at radius 1 is 1.17 bits per heavy atom. The van der Waals surface area contributed by atoms with Crippen molar-refractivity contribution in [3.63, 3.8) is 0 Å². The summed E-state index contributed by atoms with van der Waals surface area (Å²) in [4.78, 5) is 19.9. The number of fused-ring (bicyclic) bond motifs is 2. The lowest BCUT2D eigenvalue weighted by molar-refractivity contribution is -0.137. The maximum atomic E-state index is 13.0. The van der Waals surface area contributed by atoms with Crippen LogP contribution >= 0.6 is 0 Å². The monoisotopic (exact) mass is 410 g/mol. The van der Waals surface area contributed by atoms with Gasteiger partial charge in [-0.1, -0.05) is 12.1 Å². The van der Waals surface area contributed by atoms with E-state index in [0.29, 0.717) is 17.9 Å². The molecule has 1 unspecified atom stereocenters. The van der Waals surface area contributed by atoms with Crippen LogP contribution in [0.1, 0.15) is 35.5 Å². The Kier molecular flexibility index (Phi) is 5.19. The zero-order valence-electron chi connectivity index (χ0n) is 16.3. The molecule has 0 aliphatic rings. The molecule has 150 valence electrons. The summed E-state index contributed by atoms with van der Waals surface area (Å²) in [5.74, 6) is -0.608. The molecule has 0 fully saturated rings. The van der Waals surface area contributed by atoms with Crippen molar-refractivity contribution in [1.29, 1.82) is 0 Å². The molecule has 0 bridgehead atoms. The van der Waals surface area contributed by atoms with Crippen molar-refractivity contribution in [2.45, 2.75) is 38.1 Å². The van der Waals surface area contributed by atoms with Crippen molar-refractivity contribution in [2.24, 2.45) is 0 Å². The minimum Gasteiger partial charge on any atom is -0.481 e. The topological polar surface area (TPSA) is 89.0 Å². The van der Waals surface area contributed by atoms with Gasteiger partial charge in [0.2, 0.25) is 0 Å². The number of pyridine rings is 2. The number of carbonyl (C=O) groups is 1. The summed E-state index contributed by atoms with van der Waals surface area (Å²) < 4.78 is 17.1. The smallest absolute Gasteiger partial charge is 0.303 e. The summed E-state index contributed by atoms with van der Waals surface area (Å²) in [6.45, 7) is 4.03. The second kappa shape index (κ2) is 7.79. The van der Waals surface area contributed by atoms with Gasteiger partial charge in [-0.05, 0) is 44.0 Å². The molecule has 4 heterocycles. The molecule has 7 nitrogen and oxygen atoms in total. The first-order valence-corrected chi connectivity index (χ1v) is 10.8. The molecule has 4 aromatic rings. The van der Waals surface area contributed by atoms with Crippen molar-refractivity contribution in [2.75, 3.05) is 5.75 Å². The number of imidazole rings is 2. The van der Waals surface area contributed by atoms with Crippen LogP contribution in [-0.2, 0) is 22.0 Å². The van der Waals surface area contributed by atoms with Gasteiger partial charge in [0, 0.05) is 42.4 Å². The lowest BCUT2D eigenvalue weighted by Crippen LogP contribution is -2.07. The van der Waals surface area contributed by atoms with Crippen LogP contribution in [0.5, 0.6) is 0 Å². The van der Waals surface area contributed by atoms with E-state index in [2.05, 4.69) is 14.4 Å². The van der Waals surface area contributed by atoms with Crippen LogP contribution in [0.3, 0.4) is 0 Å². The number of aromatic nitrogens is 4. The van der Waals surface area contributed by atoms with E-state index in [1.54, 1.807) is 0 Å². The number of rotatable bonds is 7. The molecule has 0 spiro atoms. The third kappa shape index (κ3) is 3.80. The summed E-state index contributed by atoms with van der Waals surface area (Å²) in [7, 11) is -1.38. The van der Waals surface area contributed by atoms with Gasteiger partial charge < -0.3 is 13.9 Å². The van der Waals surface area contributed by atoms with Gasteiger partial charge in [-0.25, -0.2) is 9.97 Å². The third-order valence-electron chi connectivity index (χ3n) is 4.91. The lowest BCUT2D eigenvalue weighted by atomic mass is 10.2. The van der Waals surface area contributed by atoms with Crippen molar-refractivity contribution in [3.8, 4) is 0 Å². The number of carboxylic acid groups (broad SMARTS) is 1. The van der Waals surface area contributed by atoms with Crippen molar-refractivity contribution >= 4 is 28.1 Å². The predicted octanol–water partition coefficient (Wildman–Crippen LogP) is 3.16. The number of aryl methyl sites for hydroxylation is 2. The van der Waals surface area contributed by atoms with Crippen LogP contribution in [0.15, 0.2) is 47.8 Å². The fourth-order valence-electron chi connectivity index (χ4n) is 3.54. The van der Waals surface area contributed by atoms with Gasteiger partial charge in [-0.15, -0.1) is 0 Å². The maximum Gasteiger partial charge on any atom is 0.303 e. The molecule has 0 amide bonds. The van der Waals surface area contributed by atoms with Crippen molar-refractivity contribution in [3.05, 3.63) is 65.4 Å². The van der Waals surface area contributed by atoms with Crippen LogP contribution in [0.25, 0.3) is 11.3 Å². The molecule has 1 atom stereocenters. The zero-order valence-corrected chi connectivity index (χ0v) is 17.1. The van der Waals surface area contributed by atoms with Gasteiger partial charge >= 0.3 is 5.97 Å². The lowest BCUT2D eigenvalue weighted by Gasteiger charge is -2.08. The summed E-state index contributed by atoms with van der Waals surface area (Å²) in [6.07, 6.45) is 4.71. The fraction of sp³-hybridized carbons (Fsp3) is 0.286. The third-order valence-corrected chi connectivity index (χ3v) is 6.33. The number of hydrogen-bond acceptors (Lipinski definition) is 4. The summed E-state index contributed by atoms with van der Waals surface area (Å²) >= 11 is 0. The Hall–Kier alpha value is -3.00. The van der Waals surface area contributed by atoms with E-state index in [1.807, 2.05) is 61.0 Å². The average molecular weight is 410 g/mol. The Bertz CT molecular complexity index is 1240. The Morgan fingerprint density at radius 3 is 2.79 bits per heavy atom. The second-order valence-electron chi connectivity index (χ2n) is 7.13. The van der Waals surface area contributed by atoms with Gasteiger partial charge in [-0.2, -0.15) is 0 Å². The van der Waals surface area contributed by atoms with Crippen LogP contribution in [-0.4, -0.2) is 39.8 Å². The fourth-order valence-corrected chi connectivity index (χ4v) is 4.77. The van der Waals surface area contributed by atoms with Crippen LogP contribution in [0.2, 0.25) is 0 Å². The molecule has 4 aromatic heterocycles. The van der Waals surface area contributed by atoms with E-state index in [-0.39, 0.29) is 12.2 Å². The molecule has 8 heteroatoms. The highest BCUT2D eigenvalue weighted by molar-refractivity contribution is 7.85. The van der Waals surface area contributed by atoms with E-state index in [0.717, 1.165) is 33.9 Å². The standard InChI is InChI=1S/C21H22N4O3S/c1-14-8-9-19-23-21(29(28)10-4-7-20(26)27)17(24(19)13-14)11-16-12-22-18-6-3-5-15(2)25(16)18/h3,5-6,8-9,12-13H,4,7,10-11H2,1-2H3,(H,26,27). The average Bonchev–Trinajstić information content (AvgIpc) is 3.24. The van der Waals surface area contributed by atoms with Gasteiger partial charge in [0.05, 0.1) is 16.5 Å². The van der Waals surface area contributed by atoms with Crippen LogP contribution in [0, 0.1) is 13.8 Å². The van der Waals surface area contributed by atoms with E-state index in [9.17, 15) is 9.00 Å². The maximum absolute atomic E-state index is 13.0. The normalized spacial score (nSPS) is 12.6. The van der Waals surface area contributed by atoms with Gasteiger partial charge in [0.25, 0.3) is 0 Å². The molecule has 4 rings (SSSR count). The molecule has 1 N–H and O–H groups in total. The van der Waals surface area contributed by atoms with Crippen LogP contribution < -0.4 is 0 Å². The number of carboxylic acids is 1. The highest BCUT2D eigenvalue weighted by Crippen LogP contribution is 2.22. The molecule has 0 aliphatic heterocycles. The van der Waals surface area contributed by atoms with Gasteiger partial charge in [-0.3, -0.25) is 9.00 Å². The Balaban J connectivity index is 1.78. The quantitative estimate of drug-likeness (QED) is 0.506. The number of aliphatic carboxylic acids is 1. The van der Waals surface area contributed by atoms with Crippen molar-refractivity contribution < 1.29 is 14.1 Å². The molecule has 0 aliphatic carbocycles. The predicted molar refractivity (Wildman–Crippen MR) is 111 cm³/mol. The molecular weight excluding hydrogens is 388 g/mol. The second-order valence-corrected chi connectivity index (χ2v) is 8.62. The first-order chi connectivity index (χ1) is 13.9. The summed E-state index contributed by atoms with van der Waals surface area (Å²) in [6, 6.07) is 9.85. The molecule has 0 saturated heterocycles. The molecule has 0 aromatic carbocycles. The highest BCUT2D eigenvalue weighted by Gasteiger charge is 2.20. The van der Waals surface area contributed by atoms with E-state index < -0.39 is 16.8 Å².